The highest BCUT2D eigenvalue weighted by atomic mass is 16.5. The predicted octanol–water partition coefficient (Wildman–Crippen LogP) is 2.59. The van der Waals surface area contributed by atoms with Gasteiger partial charge in [-0.25, -0.2) is 4.79 Å². The summed E-state index contributed by atoms with van der Waals surface area (Å²) in [5, 5.41) is 5.83. The van der Waals surface area contributed by atoms with Crippen LogP contribution in [0.5, 0.6) is 5.75 Å². The number of likely N-dealkylation sites (N-methyl/N-ethyl adjacent to an activating group) is 1. The number of nitrogens with one attached hydrogen (secondary N) is 2. The third-order valence-corrected chi connectivity index (χ3v) is 4.95. The summed E-state index contributed by atoms with van der Waals surface area (Å²) in [6.07, 6.45) is 3.43. The van der Waals surface area contributed by atoms with Crippen molar-refractivity contribution in [2.45, 2.75) is 13.0 Å². The first kappa shape index (κ1) is 20.1. The molecule has 1 aliphatic heterocycles. The lowest BCUT2D eigenvalue weighted by Gasteiger charge is -2.32. The van der Waals surface area contributed by atoms with Crippen LogP contribution in [-0.4, -0.2) is 67.2 Å². The van der Waals surface area contributed by atoms with Gasteiger partial charge in [0, 0.05) is 45.1 Å². The quantitative estimate of drug-likeness (QED) is 0.769. The molecule has 3 rings (SSSR count). The van der Waals surface area contributed by atoms with Gasteiger partial charge in [-0.05, 0) is 43.8 Å². The van der Waals surface area contributed by atoms with E-state index in [1.807, 2.05) is 43.3 Å². The highest BCUT2D eigenvalue weighted by Crippen LogP contribution is 2.24. The molecule has 1 unspecified atom stereocenters. The second kappa shape index (κ2) is 10.1. The fourth-order valence-corrected chi connectivity index (χ4v) is 3.14. The number of urea groups is 1. The zero-order valence-corrected chi connectivity index (χ0v) is 16.6. The molecule has 1 atom stereocenters. The van der Waals surface area contributed by atoms with Crippen LogP contribution < -0.4 is 15.4 Å². The molecule has 0 spiro atoms. The van der Waals surface area contributed by atoms with Crippen LogP contribution in [0.1, 0.15) is 18.5 Å². The first-order valence-electron chi connectivity index (χ1n) is 9.72. The fraction of sp³-hybridized carbons (Fsp3) is 0.429. The van der Waals surface area contributed by atoms with Crippen molar-refractivity contribution in [1.29, 1.82) is 0 Å². The number of aromatic nitrogens is 1. The van der Waals surface area contributed by atoms with Gasteiger partial charge in [0.25, 0.3) is 0 Å². The standard InChI is InChI=1S/C21H29N5O2/c1-17(18-7-9-22-10-8-18)23-21(27)24-19-5-3-4-6-20(19)28-16-15-26-13-11-25(2)12-14-26/h3-10,17H,11-16H2,1-2H3,(H2,23,24,27). The number of carbonyl (C=O) groups is 1. The lowest BCUT2D eigenvalue weighted by Crippen LogP contribution is -2.45. The summed E-state index contributed by atoms with van der Waals surface area (Å²) in [4.78, 5) is 21.1. The molecule has 2 amide bonds. The molecule has 1 saturated heterocycles. The van der Waals surface area contributed by atoms with Crippen molar-refractivity contribution >= 4 is 11.7 Å². The SMILES string of the molecule is CC(NC(=O)Nc1ccccc1OCCN1CCN(C)CC1)c1ccncc1. The average molecular weight is 383 g/mol. The highest BCUT2D eigenvalue weighted by molar-refractivity contribution is 5.91. The van der Waals surface area contributed by atoms with Crippen molar-refractivity contribution < 1.29 is 9.53 Å². The van der Waals surface area contributed by atoms with E-state index in [2.05, 4.69) is 32.5 Å². The third-order valence-electron chi connectivity index (χ3n) is 4.95. The van der Waals surface area contributed by atoms with Gasteiger partial charge in [-0.1, -0.05) is 12.1 Å². The number of rotatable bonds is 7. The van der Waals surface area contributed by atoms with E-state index in [1.54, 1.807) is 12.4 Å². The number of benzene rings is 1. The van der Waals surface area contributed by atoms with E-state index in [4.69, 9.17) is 4.74 Å². The predicted molar refractivity (Wildman–Crippen MR) is 111 cm³/mol. The average Bonchev–Trinajstić information content (AvgIpc) is 2.71. The Morgan fingerprint density at radius 1 is 1.14 bits per heavy atom. The Morgan fingerprint density at radius 3 is 2.61 bits per heavy atom. The number of hydrogen-bond acceptors (Lipinski definition) is 5. The molecule has 0 saturated carbocycles. The molecule has 1 aromatic heterocycles. The van der Waals surface area contributed by atoms with Gasteiger partial charge in [-0.3, -0.25) is 9.88 Å². The van der Waals surface area contributed by atoms with Gasteiger partial charge < -0.3 is 20.3 Å². The Balaban J connectivity index is 1.49. The van der Waals surface area contributed by atoms with Crippen LogP contribution in [0, 0.1) is 0 Å². The zero-order valence-electron chi connectivity index (χ0n) is 16.6. The van der Waals surface area contributed by atoms with Crippen molar-refractivity contribution in [3.8, 4) is 5.75 Å². The summed E-state index contributed by atoms with van der Waals surface area (Å²) in [6, 6.07) is 10.9. The lowest BCUT2D eigenvalue weighted by atomic mass is 10.1. The number of pyridine rings is 1. The van der Waals surface area contributed by atoms with Crippen molar-refractivity contribution in [3.63, 3.8) is 0 Å². The summed E-state index contributed by atoms with van der Waals surface area (Å²) < 4.78 is 5.95. The molecule has 2 N–H and O–H groups in total. The Hall–Kier alpha value is -2.64. The van der Waals surface area contributed by atoms with Gasteiger partial charge in [0.05, 0.1) is 11.7 Å². The molecule has 1 aliphatic rings. The monoisotopic (exact) mass is 383 g/mol. The van der Waals surface area contributed by atoms with Crippen LogP contribution in [0.2, 0.25) is 0 Å². The fourth-order valence-electron chi connectivity index (χ4n) is 3.14. The molecule has 2 aromatic rings. The molecule has 2 heterocycles. The van der Waals surface area contributed by atoms with Crippen LogP contribution in [0.3, 0.4) is 0 Å². The maximum atomic E-state index is 12.4. The molecule has 28 heavy (non-hydrogen) atoms. The lowest BCUT2D eigenvalue weighted by molar-refractivity contribution is 0.134. The van der Waals surface area contributed by atoms with Crippen LogP contribution in [0.4, 0.5) is 10.5 Å². The van der Waals surface area contributed by atoms with Gasteiger partial charge >= 0.3 is 6.03 Å². The molecule has 0 bridgehead atoms. The highest BCUT2D eigenvalue weighted by Gasteiger charge is 2.14. The number of para-hydroxylation sites is 2. The van der Waals surface area contributed by atoms with E-state index in [-0.39, 0.29) is 12.1 Å². The van der Waals surface area contributed by atoms with Crippen LogP contribution in [-0.2, 0) is 0 Å². The molecule has 1 aromatic carbocycles. The largest absolute Gasteiger partial charge is 0.490 e. The minimum Gasteiger partial charge on any atom is -0.490 e. The van der Waals surface area contributed by atoms with Crippen molar-refractivity contribution in [1.82, 2.24) is 20.1 Å². The number of piperazine rings is 1. The van der Waals surface area contributed by atoms with Crippen molar-refractivity contribution in [2.75, 3.05) is 51.7 Å². The normalized spacial score (nSPS) is 16.4. The van der Waals surface area contributed by atoms with Crippen molar-refractivity contribution in [3.05, 3.63) is 54.4 Å². The maximum absolute atomic E-state index is 12.4. The van der Waals surface area contributed by atoms with E-state index in [0.29, 0.717) is 18.0 Å². The van der Waals surface area contributed by atoms with E-state index in [1.165, 1.54) is 0 Å². The first-order valence-corrected chi connectivity index (χ1v) is 9.72. The van der Waals surface area contributed by atoms with Gasteiger partial charge in [0.15, 0.2) is 0 Å². The molecular weight excluding hydrogens is 354 g/mol. The maximum Gasteiger partial charge on any atom is 0.319 e. The molecular formula is C21H29N5O2. The van der Waals surface area contributed by atoms with Gasteiger partial charge in [-0.15, -0.1) is 0 Å². The molecule has 150 valence electrons. The summed E-state index contributed by atoms with van der Waals surface area (Å²) in [5.41, 5.74) is 1.67. The third kappa shape index (κ3) is 5.94. The smallest absolute Gasteiger partial charge is 0.319 e. The summed E-state index contributed by atoms with van der Waals surface area (Å²) in [7, 11) is 2.15. The first-order chi connectivity index (χ1) is 13.6. The number of carbonyl (C=O) groups excluding carboxylic acids is 1. The zero-order chi connectivity index (χ0) is 19.8. The molecule has 0 aliphatic carbocycles. The summed E-state index contributed by atoms with van der Waals surface area (Å²) in [5.74, 6) is 0.684. The second-order valence-electron chi connectivity index (χ2n) is 7.09. The molecule has 1 fully saturated rings. The van der Waals surface area contributed by atoms with Crippen molar-refractivity contribution in [2.24, 2.45) is 0 Å². The number of amides is 2. The molecule has 7 nitrogen and oxygen atoms in total. The van der Waals surface area contributed by atoms with Gasteiger partial charge in [-0.2, -0.15) is 0 Å². The van der Waals surface area contributed by atoms with E-state index in [9.17, 15) is 4.79 Å². The number of anilines is 1. The van der Waals surface area contributed by atoms with Gasteiger partial charge in [0.2, 0.25) is 0 Å². The number of ether oxygens (including phenoxy) is 1. The Bertz CT molecular complexity index is 747. The Morgan fingerprint density at radius 2 is 1.86 bits per heavy atom. The van der Waals surface area contributed by atoms with E-state index < -0.39 is 0 Å². The van der Waals surface area contributed by atoms with Crippen LogP contribution in [0.25, 0.3) is 0 Å². The number of hydrogen-bond donors (Lipinski definition) is 2. The van der Waals surface area contributed by atoms with E-state index >= 15 is 0 Å². The number of nitrogens with zero attached hydrogens (tertiary/aromatic N) is 3. The summed E-state index contributed by atoms with van der Waals surface area (Å²) in [6.45, 7) is 7.73. The minimum absolute atomic E-state index is 0.117. The van der Waals surface area contributed by atoms with E-state index in [0.717, 1.165) is 38.3 Å². The van der Waals surface area contributed by atoms with Crippen LogP contribution >= 0.6 is 0 Å². The Labute approximate surface area is 166 Å². The Kier molecular flexibility index (Phi) is 7.22. The topological polar surface area (TPSA) is 69.7 Å². The molecule has 0 radical (unpaired) electrons. The summed E-state index contributed by atoms with van der Waals surface area (Å²) >= 11 is 0. The van der Waals surface area contributed by atoms with Crippen LogP contribution in [0.15, 0.2) is 48.8 Å². The minimum atomic E-state index is -0.264. The molecule has 7 heteroatoms. The second-order valence-corrected chi connectivity index (χ2v) is 7.09. The van der Waals surface area contributed by atoms with Gasteiger partial charge in [0.1, 0.15) is 12.4 Å².